The van der Waals surface area contributed by atoms with E-state index < -0.39 is 45.4 Å². The van der Waals surface area contributed by atoms with Crippen molar-refractivity contribution >= 4 is 40.5 Å². The number of fused-ring (bicyclic) bond motifs is 2. The third-order valence-corrected chi connectivity index (χ3v) is 15.0. The van der Waals surface area contributed by atoms with E-state index in [2.05, 4.69) is 66.2 Å². The molecule has 0 aliphatic carbocycles. The first-order valence-electron chi connectivity index (χ1n) is 19.8. The monoisotopic (exact) mass is 956 g/mol. The van der Waals surface area contributed by atoms with Crippen LogP contribution < -0.4 is 0 Å². The van der Waals surface area contributed by atoms with E-state index in [0.717, 1.165) is 0 Å². The lowest BCUT2D eigenvalue weighted by Gasteiger charge is -2.41. The first-order valence-corrected chi connectivity index (χ1v) is 26.1. The van der Waals surface area contributed by atoms with Gasteiger partial charge < -0.3 is 41.6 Å². The second-order valence-electron chi connectivity index (χ2n) is 17.5. The van der Waals surface area contributed by atoms with Crippen molar-refractivity contribution < 1.29 is 94.0 Å². The highest BCUT2D eigenvalue weighted by atomic mass is 32.2. The molecule has 0 bridgehead atoms. The second-order valence-corrected chi connectivity index (χ2v) is 25.1. The number of carbonyl (C=O) groups excluding carboxylic acids is 2. The van der Waals surface area contributed by atoms with Gasteiger partial charge in [0.2, 0.25) is 8.32 Å². The average molecular weight is 957 g/mol. The molecule has 15 atom stereocenters. The molecule has 0 spiro atoms. The lowest BCUT2D eigenvalue weighted by molar-refractivity contribution is -0.568. The molecule has 15 nitrogen and oxygen atoms in total. The van der Waals surface area contributed by atoms with Gasteiger partial charge >= 0.3 is 39.4 Å². The highest BCUT2D eigenvalue weighted by Crippen LogP contribution is 2.41. The quantitative estimate of drug-likeness (QED) is 0.0679. The van der Waals surface area contributed by atoms with E-state index in [0.29, 0.717) is 41.5 Å². The van der Waals surface area contributed by atoms with Gasteiger partial charge in [-0.1, -0.05) is 41.5 Å². The molecule has 0 amide bonds. The van der Waals surface area contributed by atoms with Crippen LogP contribution >= 0.6 is 0 Å². The minimum atomic E-state index is -6.09. The first-order chi connectivity index (χ1) is 27.1. The number of esters is 2. The summed E-state index contributed by atoms with van der Waals surface area (Å²) in [5, 5.41) is 0. The number of hydrogen-bond donors (Lipinski definition) is 0. The van der Waals surface area contributed by atoms with Crippen LogP contribution in [0, 0.1) is 35.5 Å². The zero-order chi connectivity index (χ0) is 48.2. The maximum Gasteiger partial charge on any atom is 0.522 e. The van der Waals surface area contributed by atoms with Gasteiger partial charge in [0.1, 0.15) is 12.2 Å². The van der Waals surface area contributed by atoms with Gasteiger partial charge in [-0.2, -0.15) is 34.8 Å². The van der Waals surface area contributed by atoms with Crippen molar-refractivity contribution in [2.45, 2.75) is 189 Å². The summed E-state index contributed by atoms with van der Waals surface area (Å²) in [4.78, 5) is 10.9. The number of halogens is 6. The average Bonchev–Trinajstić information content (AvgIpc) is 3.59. The molecule has 0 radical (unpaired) electrons. The van der Waals surface area contributed by atoms with Crippen molar-refractivity contribution in [3.05, 3.63) is 0 Å². The van der Waals surface area contributed by atoms with E-state index in [1.165, 1.54) is 26.6 Å². The Hall–Kier alpha value is -1.64. The van der Waals surface area contributed by atoms with Gasteiger partial charge in [0.25, 0.3) is 6.10 Å². The molecule has 0 aromatic rings. The number of alkyl halides is 6. The summed E-state index contributed by atoms with van der Waals surface area (Å²) in [7, 11) is -14.2. The Kier molecular flexibility index (Phi) is 20.3. The van der Waals surface area contributed by atoms with E-state index in [1.807, 2.05) is 27.7 Å². The smallest absolute Gasteiger partial charge is 0.522 e. The van der Waals surface area contributed by atoms with Gasteiger partial charge in [-0.25, -0.2) is 8.42 Å². The largest absolute Gasteiger partial charge is 0.741 e. The fourth-order valence-corrected chi connectivity index (χ4v) is 9.78. The van der Waals surface area contributed by atoms with E-state index >= 15 is 0 Å². The highest BCUT2D eigenvalue weighted by Gasteiger charge is 2.54. The van der Waals surface area contributed by atoms with Gasteiger partial charge in [-0.15, -0.1) is 0 Å². The Morgan fingerprint density at radius 3 is 1.52 bits per heavy atom. The lowest BCUT2D eigenvalue weighted by atomic mass is 9.82. The third kappa shape index (κ3) is 17.0. The van der Waals surface area contributed by atoms with Crippen molar-refractivity contribution in [3.8, 4) is 0 Å². The van der Waals surface area contributed by atoms with Gasteiger partial charge in [0.15, 0.2) is 22.2 Å². The molecule has 5 heterocycles. The van der Waals surface area contributed by atoms with Crippen LogP contribution in [-0.4, -0.2) is 114 Å². The Morgan fingerprint density at radius 1 is 0.689 bits per heavy atom. The zero-order valence-electron chi connectivity index (χ0n) is 37.9. The Labute approximate surface area is 357 Å². The molecule has 4 saturated heterocycles. The summed E-state index contributed by atoms with van der Waals surface area (Å²) >= 11 is 0. The van der Waals surface area contributed by atoms with Crippen LogP contribution in [-0.2, 0) is 66.5 Å². The molecule has 6 unspecified atom stereocenters. The molecule has 5 aliphatic rings. The maximum absolute atomic E-state index is 11.7. The van der Waals surface area contributed by atoms with Crippen LogP contribution in [0.4, 0.5) is 26.3 Å². The van der Waals surface area contributed by atoms with Crippen molar-refractivity contribution in [1.29, 1.82) is 0 Å². The molecule has 24 heteroatoms. The maximum atomic E-state index is 11.7. The number of rotatable bonds is 3. The fourth-order valence-electron chi connectivity index (χ4n) is 6.77. The summed E-state index contributed by atoms with van der Waals surface area (Å²) in [6, 6.07) is 0. The molecule has 0 aromatic carbocycles. The predicted octanol–water partition coefficient (Wildman–Crippen LogP) is 7.38. The highest BCUT2D eigenvalue weighted by molar-refractivity contribution is 7.88. The molecule has 0 aromatic heterocycles. The molecule has 0 N–H and O–H groups in total. The molecular weight excluding hydrogens is 891 g/mol. The van der Waals surface area contributed by atoms with Crippen LogP contribution in [0.1, 0.15) is 96.9 Å². The van der Waals surface area contributed by atoms with Crippen molar-refractivity contribution in [1.82, 2.24) is 0 Å². The summed E-state index contributed by atoms with van der Waals surface area (Å²) in [5.74, 6) is 2.74. The SMILES string of the molecule is CC(=O)OC1[C@H](C)OC(C)[C@H](C)[C@@H]1C.CC1=[O+][C@H]2OC(C)[C@H](C)[C@H](C)C2O1.CC1O[C@@H]2OC(C)(C)OC2[C@@H](C)[C@H]1C.C[Si](C)(C)OS(=O)(=O)C(F)(F)F.O=S(=O)([O-])C(F)(F)F. The summed E-state index contributed by atoms with van der Waals surface area (Å²) in [5.41, 5.74) is -11.0. The van der Waals surface area contributed by atoms with Crippen molar-refractivity contribution in [3.63, 3.8) is 0 Å². The third-order valence-electron chi connectivity index (χ3n) is 11.0. The van der Waals surface area contributed by atoms with Gasteiger partial charge in [-0.3, -0.25) is 9.22 Å². The molecule has 362 valence electrons. The lowest BCUT2D eigenvalue weighted by Crippen LogP contribution is -2.48. The number of hydrogen-bond acceptors (Lipinski definition) is 14. The van der Waals surface area contributed by atoms with E-state index in [9.17, 15) is 39.6 Å². The Morgan fingerprint density at radius 2 is 1.11 bits per heavy atom. The molecule has 0 saturated carbocycles. The predicted molar refractivity (Wildman–Crippen MR) is 210 cm³/mol. The van der Waals surface area contributed by atoms with Crippen LogP contribution in [0.5, 0.6) is 0 Å². The zero-order valence-corrected chi connectivity index (χ0v) is 40.5. The van der Waals surface area contributed by atoms with Crippen LogP contribution in [0.15, 0.2) is 0 Å². The minimum absolute atomic E-state index is 0.0000926. The van der Waals surface area contributed by atoms with Gasteiger partial charge in [0, 0.05) is 18.8 Å². The number of ether oxygens (including phenoxy) is 7. The van der Waals surface area contributed by atoms with E-state index in [4.69, 9.17) is 50.6 Å². The molecule has 5 aliphatic heterocycles. The van der Waals surface area contributed by atoms with Crippen LogP contribution in [0.2, 0.25) is 19.6 Å². The minimum Gasteiger partial charge on any atom is -0.741 e. The molecule has 4 fully saturated rings. The Balaban J connectivity index is 0.000000386. The topological polar surface area (TPSA) is 194 Å². The summed E-state index contributed by atoms with van der Waals surface area (Å²) < 4.78 is 164. The first kappa shape index (κ1) is 57.4. The second kappa shape index (κ2) is 21.6. The molecule has 5 rings (SSSR count). The van der Waals surface area contributed by atoms with Gasteiger partial charge in [0.05, 0.1) is 31.3 Å². The fraction of sp³-hybridized carbons (Fsp3) is 0.946. The van der Waals surface area contributed by atoms with E-state index in [1.54, 1.807) is 0 Å². The van der Waals surface area contributed by atoms with Crippen LogP contribution in [0.25, 0.3) is 0 Å². The van der Waals surface area contributed by atoms with E-state index in [-0.39, 0.29) is 61.3 Å². The molecular formula is C37H66F6O15S2Si. The van der Waals surface area contributed by atoms with Crippen molar-refractivity contribution in [2.24, 2.45) is 35.5 Å². The molecule has 61 heavy (non-hydrogen) atoms. The number of carbonyl (C=O) groups is 1. The summed E-state index contributed by atoms with van der Waals surface area (Å²) in [6.07, 6.45) is 0.481. The summed E-state index contributed by atoms with van der Waals surface area (Å²) in [6.45, 7) is 32.5. The van der Waals surface area contributed by atoms with Crippen LogP contribution in [0.3, 0.4) is 0 Å². The van der Waals surface area contributed by atoms with Crippen molar-refractivity contribution in [2.75, 3.05) is 0 Å². The Bertz CT molecular complexity index is 1670. The standard InChI is InChI=1S/2C11H20O3.C10H17O3.C4H9F3O3SSi.CHF3O3S/c1-6-7(2)9-10(12-8(6)3)14-11(4,5)13-9;1-6-7(2)11(14-10(5)12)9(4)13-8(6)3;1-5-6(2)9-10(11-7(5)3)13-8(4)12-9;1-12(2,3)10-11(8,9)4(5,6)7;2-1(3,4)8(5,6)7/h6-10H,1-5H3;6-9,11H,1-5H3;5-7,9-10H,1-4H3;1-3H3;(H,5,6,7)/q;;+1;;/p-1/t6-,7+,8?,9?,10-;6-,7+,8?,9+,11?;5-,6+,7?,9?,10-;;/m111../s1. The van der Waals surface area contributed by atoms with Gasteiger partial charge in [-0.05, 0) is 84.9 Å². The normalized spacial score (nSPS) is 37.1.